The number of benzene rings is 2. The predicted octanol–water partition coefficient (Wildman–Crippen LogP) is 2.61. The number of hydrogen-bond acceptors (Lipinski definition) is 3. The zero-order valence-electron chi connectivity index (χ0n) is 17.1. The van der Waals surface area contributed by atoms with Crippen molar-refractivity contribution in [3.8, 4) is 0 Å². The number of nitrogens with zero attached hydrogens (tertiary/aromatic N) is 1. The van der Waals surface area contributed by atoms with Crippen LogP contribution in [0.4, 0.5) is 0 Å². The Labute approximate surface area is 176 Å². The van der Waals surface area contributed by atoms with E-state index in [4.69, 9.17) is 0 Å². The van der Waals surface area contributed by atoms with Gasteiger partial charge in [-0.05, 0) is 36.5 Å². The molecule has 3 N–H and O–H groups in total. The Morgan fingerprint density at radius 2 is 1.70 bits per heavy atom. The van der Waals surface area contributed by atoms with Crippen molar-refractivity contribution in [1.29, 1.82) is 0 Å². The molecule has 3 aromatic rings. The summed E-state index contributed by atoms with van der Waals surface area (Å²) in [5.74, 6) is -1.09. The number of rotatable bonds is 6. The third-order valence-electron chi connectivity index (χ3n) is 5.73. The molecule has 1 fully saturated rings. The van der Waals surface area contributed by atoms with Gasteiger partial charge in [0.25, 0.3) is 0 Å². The lowest BCUT2D eigenvalue weighted by Crippen LogP contribution is -2.49. The number of hydrogen-bond donors (Lipinski definition) is 3. The molecule has 0 spiro atoms. The number of H-pyrrole nitrogens is 1. The van der Waals surface area contributed by atoms with Gasteiger partial charge in [0.2, 0.25) is 0 Å². The monoisotopic (exact) mass is 404 g/mol. The summed E-state index contributed by atoms with van der Waals surface area (Å²) >= 11 is 0. The number of likely N-dealkylation sites (tertiary alicyclic amines) is 1. The van der Waals surface area contributed by atoms with E-state index in [2.05, 4.69) is 50.8 Å². The van der Waals surface area contributed by atoms with Gasteiger partial charge < -0.3 is 15.6 Å². The molecular weight excluding hydrogens is 376 g/mol. The third kappa shape index (κ3) is 5.07. The Bertz CT molecular complexity index is 991. The summed E-state index contributed by atoms with van der Waals surface area (Å²) in [6.07, 6.45) is 4.36. The van der Waals surface area contributed by atoms with Gasteiger partial charge >= 0.3 is 11.8 Å². The van der Waals surface area contributed by atoms with Gasteiger partial charge in [-0.3, -0.25) is 14.5 Å². The number of para-hydroxylation sites is 1. The molecule has 4 rings (SSSR count). The third-order valence-corrected chi connectivity index (χ3v) is 5.73. The molecule has 156 valence electrons. The van der Waals surface area contributed by atoms with Gasteiger partial charge in [-0.25, -0.2) is 0 Å². The van der Waals surface area contributed by atoms with Gasteiger partial charge in [0.05, 0.1) is 0 Å². The fraction of sp³-hybridized carbons (Fsp3) is 0.333. The molecule has 2 amide bonds. The molecule has 0 radical (unpaired) electrons. The van der Waals surface area contributed by atoms with E-state index in [1.54, 1.807) is 0 Å². The van der Waals surface area contributed by atoms with Gasteiger partial charge in [0.15, 0.2) is 0 Å². The zero-order valence-corrected chi connectivity index (χ0v) is 17.1. The van der Waals surface area contributed by atoms with Crippen LogP contribution in [0.25, 0.3) is 10.9 Å². The maximum atomic E-state index is 12.2. The molecule has 1 saturated heterocycles. The fourth-order valence-corrected chi connectivity index (χ4v) is 4.06. The number of amides is 2. The molecule has 0 unspecified atom stereocenters. The van der Waals surface area contributed by atoms with Crippen LogP contribution in [-0.2, 0) is 22.6 Å². The number of fused-ring (bicyclic) bond motifs is 1. The molecule has 6 heteroatoms. The first kappa shape index (κ1) is 20.2. The van der Waals surface area contributed by atoms with Crippen molar-refractivity contribution in [3.05, 3.63) is 71.9 Å². The average Bonchev–Trinajstić information content (AvgIpc) is 3.19. The second kappa shape index (κ2) is 9.59. The first-order valence-electron chi connectivity index (χ1n) is 10.6. The maximum Gasteiger partial charge on any atom is 0.309 e. The van der Waals surface area contributed by atoms with Crippen molar-refractivity contribution in [2.75, 3.05) is 19.6 Å². The number of piperidine rings is 1. The molecule has 1 aliphatic heterocycles. The molecule has 0 bridgehead atoms. The van der Waals surface area contributed by atoms with E-state index in [1.807, 2.05) is 30.5 Å². The molecule has 0 saturated carbocycles. The zero-order chi connectivity index (χ0) is 20.8. The number of carbonyl (C=O) groups excluding carboxylic acids is 2. The number of aromatic amines is 1. The molecule has 0 atom stereocenters. The standard InChI is InChI=1S/C24H28N4O2/c29-23(25-13-10-19-16-26-22-9-5-4-8-21(19)22)24(30)27-20-11-14-28(15-12-20)17-18-6-2-1-3-7-18/h1-9,16,20,26H,10-15,17H2,(H,25,29)(H,27,30). The average molecular weight is 405 g/mol. The Morgan fingerprint density at radius 1 is 0.967 bits per heavy atom. The van der Waals surface area contributed by atoms with Crippen molar-refractivity contribution >= 4 is 22.7 Å². The second-order valence-electron chi connectivity index (χ2n) is 7.87. The molecule has 2 aromatic carbocycles. The number of carbonyl (C=O) groups is 2. The summed E-state index contributed by atoms with van der Waals surface area (Å²) in [6.45, 7) is 3.20. The Balaban J connectivity index is 1.17. The Morgan fingerprint density at radius 3 is 2.50 bits per heavy atom. The lowest BCUT2D eigenvalue weighted by atomic mass is 10.0. The van der Waals surface area contributed by atoms with Gasteiger partial charge in [-0.2, -0.15) is 0 Å². The summed E-state index contributed by atoms with van der Waals surface area (Å²) in [6, 6.07) is 18.5. The van der Waals surface area contributed by atoms with Gasteiger partial charge in [-0.15, -0.1) is 0 Å². The van der Waals surface area contributed by atoms with Gasteiger partial charge in [0.1, 0.15) is 0 Å². The highest BCUT2D eigenvalue weighted by Crippen LogP contribution is 2.17. The summed E-state index contributed by atoms with van der Waals surface area (Å²) in [4.78, 5) is 30.0. The van der Waals surface area contributed by atoms with Crippen LogP contribution in [0.3, 0.4) is 0 Å². The van der Waals surface area contributed by atoms with Crippen molar-refractivity contribution in [2.45, 2.75) is 31.8 Å². The minimum Gasteiger partial charge on any atom is -0.361 e. The van der Waals surface area contributed by atoms with E-state index in [0.717, 1.165) is 48.9 Å². The predicted molar refractivity (Wildman–Crippen MR) is 118 cm³/mol. The van der Waals surface area contributed by atoms with Crippen LogP contribution in [0, 0.1) is 0 Å². The van der Waals surface area contributed by atoms with Crippen LogP contribution in [-0.4, -0.2) is 47.4 Å². The first-order valence-corrected chi connectivity index (χ1v) is 10.6. The highest BCUT2D eigenvalue weighted by Gasteiger charge is 2.23. The van der Waals surface area contributed by atoms with Gasteiger partial charge in [0, 0.05) is 49.3 Å². The lowest BCUT2D eigenvalue weighted by molar-refractivity contribution is -0.139. The highest BCUT2D eigenvalue weighted by molar-refractivity contribution is 6.35. The molecule has 0 aliphatic carbocycles. The molecule has 1 aliphatic rings. The topological polar surface area (TPSA) is 77.2 Å². The summed E-state index contributed by atoms with van der Waals surface area (Å²) in [5.41, 5.74) is 3.52. The molecule has 30 heavy (non-hydrogen) atoms. The normalized spacial score (nSPS) is 15.2. The lowest BCUT2D eigenvalue weighted by Gasteiger charge is -2.32. The van der Waals surface area contributed by atoms with Crippen LogP contribution in [0.15, 0.2) is 60.8 Å². The largest absolute Gasteiger partial charge is 0.361 e. The maximum absolute atomic E-state index is 12.2. The summed E-state index contributed by atoms with van der Waals surface area (Å²) in [7, 11) is 0. The van der Waals surface area contributed by atoms with Crippen molar-refractivity contribution in [2.24, 2.45) is 0 Å². The SMILES string of the molecule is O=C(NCCc1c[nH]c2ccccc12)C(=O)NC1CCN(Cc2ccccc2)CC1. The van der Waals surface area contributed by atoms with E-state index < -0.39 is 11.8 Å². The molecular formula is C24H28N4O2. The molecule has 6 nitrogen and oxygen atoms in total. The van der Waals surface area contributed by atoms with E-state index in [9.17, 15) is 9.59 Å². The van der Waals surface area contributed by atoms with E-state index in [0.29, 0.717) is 13.0 Å². The molecule has 1 aromatic heterocycles. The van der Waals surface area contributed by atoms with Crippen molar-refractivity contribution in [1.82, 2.24) is 20.5 Å². The molecule has 2 heterocycles. The van der Waals surface area contributed by atoms with E-state index >= 15 is 0 Å². The van der Waals surface area contributed by atoms with Crippen LogP contribution >= 0.6 is 0 Å². The summed E-state index contributed by atoms with van der Waals surface area (Å²) in [5, 5.41) is 6.79. The highest BCUT2D eigenvalue weighted by atomic mass is 16.2. The van der Waals surface area contributed by atoms with E-state index in [1.165, 1.54) is 5.56 Å². The smallest absolute Gasteiger partial charge is 0.309 e. The van der Waals surface area contributed by atoms with E-state index in [-0.39, 0.29) is 6.04 Å². The minimum atomic E-state index is -0.554. The fourth-order valence-electron chi connectivity index (χ4n) is 4.06. The quantitative estimate of drug-likeness (QED) is 0.553. The first-order chi connectivity index (χ1) is 14.7. The van der Waals surface area contributed by atoms with Crippen molar-refractivity contribution < 1.29 is 9.59 Å². The Kier molecular flexibility index (Phi) is 6.44. The second-order valence-corrected chi connectivity index (χ2v) is 7.87. The Hall–Kier alpha value is -3.12. The number of nitrogens with one attached hydrogen (secondary N) is 3. The van der Waals surface area contributed by atoms with Gasteiger partial charge in [-0.1, -0.05) is 48.5 Å². The van der Waals surface area contributed by atoms with Crippen LogP contribution in [0.1, 0.15) is 24.0 Å². The minimum absolute atomic E-state index is 0.0592. The van der Waals surface area contributed by atoms with Crippen LogP contribution in [0.5, 0.6) is 0 Å². The number of aromatic nitrogens is 1. The summed E-state index contributed by atoms with van der Waals surface area (Å²) < 4.78 is 0. The van der Waals surface area contributed by atoms with Crippen molar-refractivity contribution in [3.63, 3.8) is 0 Å². The van der Waals surface area contributed by atoms with Crippen LogP contribution in [0.2, 0.25) is 0 Å². The van der Waals surface area contributed by atoms with Crippen LogP contribution < -0.4 is 10.6 Å².